The predicted octanol–water partition coefficient (Wildman–Crippen LogP) is 3.77. The zero-order valence-corrected chi connectivity index (χ0v) is 16.3. The highest BCUT2D eigenvalue weighted by Gasteiger charge is 2.22. The van der Waals surface area contributed by atoms with Gasteiger partial charge in [0, 0.05) is 25.2 Å². The highest BCUT2D eigenvalue weighted by molar-refractivity contribution is 6.30. The van der Waals surface area contributed by atoms with Gasteiger partial charge in [-0.05, 0) is 37.8 Å². The van der Waals surface area contributed by atoms with Crippen LogP contribution < -0.4 is 10.1 Å². The Morgan fingerprint density at radius 3 is 2.89 bits per heavy atom. The number of rotatable bonds is 7. The van der Waals surface area contributed by atoms with E-state index in [4.69, 9.17) is 21.1 Å². The first-order chi connectivity index (χ1) is 13.0. The van der Waals surface area contributed by atoms with Gasteiger partial charge < -0.3 is 19.7 Å². The van der Waals surface area contributed by atoms with Crippen LogP contribution in [0.2, 0.25) is 5.02 Å². The van der Waals surface area contributed by atoms with Gasteiger partial charge in [0.15, 0.2) is 6.61 Å². The van der Waals surface area contributed by atoms with E-state index in [-0.39, 0.29) is 35.4 Å². The van der Waals surface area contributed by atoms with Gasteiger partial charge >= 0.3 is 6.09 Å². The second-order valence-corrected chi connectivity index (χ2v) is 6.92. The van der Waals surface area contributed by atoms with E-state index in [1.165, 1.54) is 12.1 Å². The lowest BCUT2D eigenvalue weighted by atomic mass is 10.1. The Kier molecular flexibility index (Phi) is 8.64. The predicted molar refractivity (Wildman–Crippen MR) is 101 cm³/mol. The average molecular weight is 401 g/mol. The molecular formula is C19H26ClFN2O4. The Labute approximate surface area is 163 Å². The minimum atomic E-state index is -0.593. The van der Waals surface area contributed by atoms with Crippen LogP contribution in [0.1, 0.15) is 39.0 Å². The van der Waals surface area contributed by atoms with Gasteiger partial charge in [0.2, 0.25) is 0 Å². The first-order valence-electron chi connectivity index (χ1n) is 9.28. The van der Waals surface area contributed by atoms with Crippen molar-refractivity contribution in [1.29, 1.82) is 0 Å². The Morgan fingerprint density at radius 1 is 1.33 bits per heavy atom. The van der Waals surface area contributed by atoms with E-state index in [2.05, 4.69) is 5.32 Å². The van der Waals surface area contributed by atoms with Crippen molar-refractivity contribution in [3.8, 4) is 5.75 Å². The first-order valence-corrected chi connectivity index (χ1v) is 9.66. The van der Waals surface area contributed by atoms with Crippen molar-refractivity contribution < 1.29 is 23.5 Å². The number of hydrogen-bond donors (Lipinski definition) is 1. The lowest BCUT2D eigenvalue weighted by molar-refractivity contribution is -0.123. The molecule has 1 aliphatic rings. The van der Waals surface area contributed by atoms with Crippen molar-refractivity contribution in [1.82, 2.24) is 10.2 Å². The van der Waals surface area contributed by atoms with Crippen molar-refractivity contribution in [2.45, 2.75) is 45.1 Å². The number of likely N-dealkylation sites (tertiary alicyclic amines) is 1. The molecule has 0 saturated carbocycles. The third-order valence-electron chi connectivity index (χ3n) is 4.34. The van der Waals surface area contributed by atoms with Crippen LogP contribution in [0, 0.1) is 5.82 Å². The van der Waals surface area contributed by atoms with Crippen LogP contribution in [0.3, 0.4) is 0 Å². The fourth-order valence-electron chi connectivity index (χ4n) is 2.80. The molecule has 27 heavy (non-hydrogen) atoms. The van der Waals surface area contributed by atoms with Gasteiger partial charge in [-0.3, -0.25) is 4.79 Å². The van der Waals surface area contributed by atoms with Crippen molar-refractivity contribution in [2.24, 2.45) is 0 Å². The number of nitrogens with zero attached hydrogens (tertiary/aromatic N) is 1. The minimum Gasteiger partial charge on any atom is -0.484 e. The molecule has 0 bridgehead atoms. The summed E-state index contributed by atoms with van der Waals surface area (Å²) in [5, 5.41) is 2.91. The van der Waals surface area contributed by atoms with Gasteiger partial charge in [-0.1, -0.05) is 24.9 Å². The molecule has 1 atom stereocenters. The SMILES string of the molecule is CCCCOC(=O)N1CCCC(NC(=O)COc2ccc(Cl)c(F)c2)CC1. The highest BCUT2D eigenvalue weighted by atomic mass is 35.5. The molecule has 1 aromatic rings. The maximum atomic E-state index is 13.4. The Hall–Kier alpha value is -2.02. The van der Waals surface area contributed by atoms with Gasteiger partial charge in [-0.15, -0.1) is 0 Å². The van der Waals surface area contributed by atoms with E-state index in [9.17, 15) is 14.0 Å². The number of ether oxygens (including phenoxy) is 2. The van der Waals surface area contributed by atoms with Crippen molar-refractivity contribution in [3.63, 3.8) is 0 Å². The van der Waals surface area contributed by atoms with Crippen LogP contribution in [0.25, 0.3) is 0 Å². The normalized spacial score (nSPS) is 17.1. The van der Waals surface area contributed by atoms with Crippen molar-refractivity contribution >= 4 is 23.6 Å². The van der Waals surface area contributed by atoms with Gasteiger partial charge in [-0.2, -0.15) is 0 Å². The summed E-state index contributed by atoms with van der Waals surface area (Å²) >= 11 is 5.61. The number of amides is 2. The topological polar surface area (TPSA) is 67.9 Å². The third kappa shape index (κ3) is 7.25. The lowest BCUT2D eigenvalue weighted by Gasteiger charge is -2.20. The summed E-state index contributed by atoms with van der Waals surface area (Å²) in [6.45, 7) is 3.44. The van der Waals surface area contributed by atoms with Crippen LogP contribution in [-0.4, -0.2) is 49.2 Å². The number of benzene rings is 1. The Bertz CT molecular complexity index is 644. The summed E-state index contributed by atoms with van der Waals surface area (Å²) in [6, 6.07) is 4.00. The largest absolute Gasteiger partial charge is 0.484 e. The standard InChI is InChI=1S/C19H26ClFN2O4/c1-2-3-11-26-19(25)23-9-4-5-14(8-10-23)22-18(24)13-27-15-6-7-16(20)17(21)12-15/h6-7,12,14H,2-5,8-11,13H2,1H3,(H,22,24). The summed E-state index contributed by atoms with van der Waals surface area (Å²) < 4.78 is 23.9. The van der Waals surface area contributed by atoms with Crippen LogP contribution in [0.15, 0.2) is 18.2 Å². The number of unbranched alkanes of at least 4 members (excludes halogenated alkanes) is 1. The molecule has 1 heterocycles. The zero-order valence-electron chi connectivity index (χ0n) is 15.5. The highest BCUT2D eigenvalue weighted by Crippen LogP contribution is 2.20. The molecule has 1 unspecified atom stereocenters. The number of halogens is 2. The average Bonchev–Trinajstić information content (AvgIpc) is 2.88. The molecule has 6 nitrogen and oxygen atoms in total. The van der Waals surface area contributed by atoms with Crippen LogP contribution in [-0.2, 0) is 9.53 Å². The molecule has 1 aliphatic heterocycles. The Balaban J connectivity index is 1.73. The maximum absolute atomic E-state index is 13.4. The Morgan fingerprint density at radius 2 is 2.15 bits per heavy atom. The molecule has 2 rings (SSSR count). The van der Waals surface area contributed by atoms with Crippen LogP contribution >= 0.6 is 11.6 Å². The van der Waals surface area contributed by atoms with Gasteiger partial charge in [0.25, 0.3) is 5.91 Å². The third-order valence-corrected chi connectivity index (χ3v) is 4.64. The van der Waals surface area contributed by atoms with E-state index >= 15 is 0 Å². The molecule has 1 N–H and O–H groups in total. The molecular weight excluding hydrogens is 375 g/mol. The summed E-state index contributed by atoms with van der Waals surface area (Å²) in [4.78, 5) is 25.8. The smallest absolute Gasteiger partial charge is 0.409 e. The van der Waals surface area contributed by atoms with Crippen molar-refractivity contribution in [3.05, 3.63) is 29.0 Å². The second-order valence-electron chi connectivity index (χ2n) is 6.51. The summed E-state index contributed by atoms with van der Waals surface area (Å²) in [5.74, 6) is -0.632. The number of carbonyl (C=O) groups is 2. The van der Waals surface area contributed by atoms with E-state index in [1.807, 2.05) is 6.92 Å². The number of carbonyl (C=O) groups excluding carboxylic acids is 2. The molecule has 8 heteroatoms. The molecule has 0 aliphatic carbocycles. The molecule has 0 radical (unpaired) electrons. The lowest BCUT2D eigenvalue weighted by Crippen LogP contribution is -2.39. The fraction of sp³-hybridized carbons (Fsp3) is 0.579. The molecule has 1 aromatic carbocycles. The molecule has 150 valence electrons. The van der Waals surface area contributed by atoms with E-state index < -0.39 is 5.82 Å². The van der Waals surface area contributed by atoms with E-state index in [1.54, 1.807) is 4.90 Å². The van der Waals surface area contributed by atoms with Gasteiger partial charge in [-0.25, -0.2) is 9.18 Å². The maximum Gasteiger partial charge on any atom is 0.409 e. The molecule has 0 aromatic heterocycles. The monoisotopic (exact) mass is 400 g/mol. The fourth-order valence-corrected chi connectivity index (χ4v) is 2.92. The van der Waals surface area contributed by atoms with Crippen LogP contribution in [0.5, 0.6) is 5.75 Å². The summed E-state index contributed by atoms with van der Waals surface area (Å²) in [5.41, 5.74) is 0. The van der Waals surface area contributed by atoms with Gasteiger partial charge in [0.1, 0.15) is 11.6 Å². The first kappa shape index (κ1) is 21.3. The van der Waals surface area contributed by atoms with Crippen molar-refractivity contribution in [2.75, 3.05) is 26.3 Å². The molecule has 1 saturated heterocycles. The summed E-state index contributed by atoms with van der Waals surface area (Å²) in [7, 11) is 0. The number of hydrogen-bond acceptors (Lipinski definition) is 4. The number of nitrogens with one attached hydrogen (secondary N) is 1. The minimum absolute atomic E-state index is 0.00281. The molecule has 0 spiro atoms. The zero-order chi connectivity index (χ0) is 19.6. The van der Waals surface area contributed by atoms with E-state index in [0.29, 0.717) is 26.1 Å². The summed E-state index contributed by atoms with van der Waals surface area (Å²) in [6.07, 6.45) is 3.77. The molecule has 1 fully saturated rings. The quantitative estimate of drug-likeness (QED) is 0.707. The molecule has 2 amide bonds. The second kappa shape index (κ2) is 11.0. The van der Waals surface area contributed by atoms with Crippen LogP contribution in [0.4, 0.5) is 9.18 Å². The van der Waals surface area contributed by atoms with Gasteiger partial charge in [0.05, 0.1) is 11.6 Å². The van der Waals surface area contributed by atoms with E-state index in [0.717, 1.165) is 31.7 Å².